The molecule has 0 atom stereocenters. The van der Waals surface area contributed by atoms with Gasteiger partial charge >= 0.3 is 5.97 Å². The zero-order valence-corrected chi connectivity index (χ0v) is 9.22. The molecule has 0 amide bonds. The monoisotopic (exact) mass is 276 g/mol. The summed E-state index contributed by atoms with van der Waals surface area (Å²) in [6, 6.07) is 1.49. The van der Waals surface area contributed by atoms with Crippen LogP contribution in [-0.4, -0.2) is 22.6 Å². The predicted molar refractivity (Wildman–Crippen MR) is 53.6 cm³/mol. The summed E-state index contributed by atoms with van der Waals surface area (Å²) < 4.78 is 0.703. The van der Waals surface area contributed by atoms with Crippen molar-refractivity contribution >= 4 is 44.8 Å². The lowest BCUT2D eigenvalue weighted by molar-refractivity contribution is -0.139. The third-order valence-electron chi connectivity index (χ3n) is 1.36. The van der Waals surface area contributed by atoms with E-state index in [-0.39, 0.29) is 4.88 Å². The highest BCUT2D eigenvalue weighted by atomic mass is 79.9. The van der Waals surface area contributed by atoms with Crippen molar-refractivity contribution in [2.75, 3.05) is 0 Å². The summed E-state index contributed by atoms with van der Waals surface area (Å²) >= 11 is 4.23. The third-order valence-corrected chi connectivity index (χ3v) is 3.05. The minimum absolute atomic E-state index is 0.253. The minimum Gasteiger partial charge on any atom is -0.481 e. The highest BCUT2D eigenvalue weighted by Gasteiger charge is 2.20. The van der Waals surface area contributed by atoms with Crippen molar-refractivity contribution < 1.29 is 19.5 Å². The Kier molecular flexibility index (Phi) is 3.54. The number of Topliss-reactive ketones (excluding diaryl/α,β-unsaturated/α-hetero) is 2. The molecule has 0 unspecified atom stereocenters. The highest BCUT2D eigenvalue weighted by Crippen LogP contribution is 2.20. The Hall–Kier alpha value is -1.01. The molecule has 14 heavy (non-hydrogen) atoms. The zero-order valence-electron chi connectivity index (χ0n) is 6.82. The molecule has 0 aromatic carbocycles. The Morgan fingerprint density at radius 1 is 1.43 bits per heavy atom. The van der Waals surface area contributed by atoms with Crippen molar-refractivity contribution in [1.82, 2.24) is 0 Å². The average Bonchev–Trinajstić information content (AvgIpc) is 2.49. The van der Waals surface area contributed by atoms with E-state index in [1.807, 2.05) is 0 Å². The molecule has 0 bridgehead atoms. The minimum atomic E-state index is -1.29. The second-order valence-electron chi connectivity index (χ2n) is 2.45. The summed E-state index contributed by atoms with van der Waals surface area (Å²) in [6.07, 6.45) is -0.756. The van der Waals surface area contributed by atoms with E-state index in [0.29, 0.717) is 4.47 Å². The molecule has 0 saturated carbocycles. The van der Waals surface area contributed by atoms with Crippen LogP contribution in [0.4, 0.5) is 0 Å². The van der Waals surface area contributed by atoms with Crippen LogP contribution in [0.15, 0.2) is 15.9 Å². The van der Waals surface area contributed by atoms with E-state index >= 15 is 0 Å². The van der Waals surface area contributed by atoms with E-state index < -0.39 is 24.0 Å². The van der Waals surface area contributed by atoms with Crippen molar-refractivity contribution in [3.63, 3.8) is 0 Å². The Morgan fingerprint density at radius 3 is 2.50 bits per heavy atom. The van der Waals surface area contributed by atoms with Gasteiger partial charge in [-0.25, -0.2) is 0 Å². The van der Waals surface area contributed by atoms with Gasteiger partial charge in [0.1, 0.15) is 6.42 Å². The van der Waals surface area contributed by atoms with E-state index in [1.165, 1.54) is 6.07 Å². The van der Waals surface area contributed by atoms with Gasteiger partial charge in [-0.1, -0.05) is 0 Å². The van der Waals surface area contributed by atoms with Gasteiger partial charge in [0.05, 0.1) is 4.88 Å². The van der Waals surface area contributed by atoms with E-state index in [2.05, 4.69) is 15.9 Å². The number of hydrogen-bond acceptors (Lipinski definition) is 4. The van der Waals surface area contributed by atoms with Crippen LogP contribution < -0.4 is 0 Å². The Labute approximate surface area is 91.7 Å². The fourth-order valence-corrected chi connectivity index (χ4v) is 2.17. The maximum atomic E-state index is 11.3. The number of hydrogen-bond donors (Lipinski definition) is 1. The first-order valence-corrected chi connectivity index (χ1v) is 5.21. The van der Waals surface area contributed by atoms with E-state index in [1.54, 1.807) is 5.38 Å². The maximum Gasteiger partial charge on any atom is 0.311 e. The molecule has 1 heterocycles. The normalized spacial score (nSPS) is 9.79. The summed E-state index contributed by atoms with van der Waals surface area (Å²) in [5.74, 6) is -2.94. The van der Waals surface area contributed by atoms with Crippen LogP contribution in [0.5, 0.6) is 0 Å². The van der Waals surface area contributed by atoms with Gasteiger partial charge in [-0.3, -0.25) is 14.4 Å². The summed E-state index contributed by atoms with van der Waals surface area (Å²) in [5.41, 5.74) is 0. The molecule has 0 saturated heterocycles. The predicted octanol–water partition coefficient (Wildman–Crippen LogP) is 1.74. The molecule has 0 aliphatic carbocycles. The van der Waals surface area contributed by atoms with Gasteiger partial charge in [0.25, 0.3) is 0 Å². The average molecular weight is 277 g/mol. The largest absolute Gasteiger partial charge is 0.481 e. The number of carbonyl (C=O) groups excluding carboxylic acids is 2. The first-order valence-electron chi connectivity index (χ1n) is 3.54. The highest BCUT2D eigenvalue weighted by molar-refractivity contribution is 9.10. The van der Waals surface area contributed by atoms with Crippen LogP contribution in [0.1, 0.15) is 16.1 Å². The van der Waals surface area contributed by atoms with Crippen LogP contribution in [-0.2, 0) is 9.59 Å². The number of aliphatic carboxylic acids is 1. The van der Waals surface area contributed by atoms with Crippen LogP contribution in [0.3, 0.4) is 0 Å². The number of carboxylic acid groups (broad SMARTS) is 1. The van der Waals surface area contributed by atoms with Gasteiger partial charge in [-0.15, -0.1) is 11.3 Å². The van der Waals surface area contributed by atoms with E-state index in [0.717, 1.165) is 11.3 Å². The van der Waals surface area contributed by atoms with Gasteiger partial charge in [0.15, 0.2) is 0 Å². The number of thiophene rings is 1. The second-order valence-corrected chi connectivity index (χ2v) is 4.28. The smallest absolute Gasteiger partial charge is 0.311 e. The van der Waals surface area contributed by atoms with Gasteiger partial charge in [-0.2, -0.15) is 0 Å². The molecular formula is C8H5BrO4S. The number of carbonyl (C=O) groups is 3. The van der Waals surface area contributed by atoms with Gasteiger partial charge < -0.3 is 5.11 Å². The van der Waals surface area contributed by atoms with E-state index in [9.17, 15) is 14.4 Å². The molecule has 6 heteroatoms. The molecular weight excluding hydrogens is 272 g/mol. The molecule has 74 valence electrons. The molecule has 0 aliphatic heterocycles. The molecule has 0 aliphatic rings. The topological polar surface area (TPSA) is 71.4 Å². The lowest BCUT2D eigenvalue weighted by Gasteiger charge is -1.92. The first-order chi connectivity index (χ1) is 6.50. The number of halogens is 1. The van der Waals surface area contributed by atoms with Gasteiger partial charge in [-0.05, 0) is 22.0 Å². The van der Waals surface area contributed by atoms with Gasteiger partial charge in [0, 0.05) is 9.85 Å². The molecule has 1 aromatic heterocycles. The molecule has 0 fully saturated rings. The lowest BCUT2D eigenvalue weighted by Crippen LogP contribution is -2.16. The number of carboxylic acids is 1. The van der Waals surface area contributed by atoms with Crippen molar-refractivity contribution in [3.8, 4) is 0 Å². The van der Waals surface area contributed by atoms with Crippen molar-refractivity contribution in [1.29, 1.82) is 0 Å². The Balaban J connectivity index is 2.76. The van der Waals surface area contributed by atoms with Crippen LogP contribution in [0.25, 0.3) is 0 Å². The number of rotatable bonds is 4. The Bertz CT molecular complexity index is 396. The lowest BCUT2D eigenvalue weighted by atomic mass is 10.2. The summed E-state index contributed by atoms with van der Waals surface area (Å²) in [4.78, 5) is 32.7. The van der Waals surface area contributed by atoms with Crippen LogP contribution >= 0.6 is 27.3 Å². The SMILES string of the molecule is O=C(O)CC(=O)C(=O)c1cc(Br)cs1. The molecule has 0 radical (unpaired) electrons. The molecule has 1 rings (SSSR count). The molecule has 4 nitrogen and oxygen atoms in total. The third kappa shape index (κ3) is 2.74. The van der Waals surface area contributed by atoms with Crippen molar-refractivity contribution in [2.45, 2.75) is 6.42 Å². The summed E-state index contributed by atoms with van der Waals surface area (Å²) in [6.45, 7) is 0. The zero-order chi connectivity index (χ0) is 10.7. The molecule has 1 N–H and O–H groups in total. The van der Waals surface area contributed by atoms with Crippen molar-refractivity contribution in [3.05, 3.63) is 20.8 Å². The van der Waals surface area contributed by atoms with Crippen molar-refractivity contribution in [2.24, 2.45) is 0 Å². The fourth-order valence-electron chi connectivity index (χ4n) is 0.787. The summed E-state index contributed by atoms with van der Waals surface area (Å²) in [5, 5.41) is 9.96. The fraction of sp³-hybridized carbons (Fsp3) is 0.125. The molecule has 1 aromatic rings. The van der Waals surface area contributed by atoms with Crippen LogP contribution in [0.2, 0.25) is 0 Å². The maximum absolute atomic E-state index is 11.3. The van der Waals surface area contributed by atoms with E-state index in [4.69, 9.17) is 5.11 Å². The first kappa shape index (κ1) is 11.1. The second kappa shape index (κ2) is 4.47. The molecule has 0 spiro atoms. The number of ketones is 2. The van der Waals surface area contributed by atoms with Crippen LogP contribution in [0, 0.1) is 0 Å². The Morgan fingerprint density at radius 2 is 2.07 bits per heavy atom. The standard InChI is InChI=1S/C8H5BrO4S/c9-4-1-6(14-3-4)8(13)5(10)2-7(11)12/h1,3H,2H2,(H,11,12). The quantitative estimate of drug-likeness (QED) is 0.517. The summed E-state index contributed by atoms with van der Waals surface area (Å²) in [7, 11) is 0. The van der Waals surface area contributed by atoms with Gasteiger partial charge in [0.2, 0.25) is 11.6 Å².